The van der Waals surface area contributed by atoms with E-state index in [1.54, 1.807) is 0 Å². The Bertz CT molecular complexity index is 530. The molecule has 5 nitrogen and oxygen atoms in total. The van der Waals surface area contributed by atoms with E-state index in [4.69, 9.17) is 5.11 Å². The van der Waals surface area contributed by atoms with Crippen molar-refractivity contribution in [3.05, 3.63) is 27.7 Å². The van der Waals surface area contributed by atoms with Crippen molar-refractivity contribution in [3.63, 3.8) is 0 Å². The number of aliphatic carboxylic acids is 1. The van der Waals surface area contributed by atoms with Crippen molar-refractivity contribution in [1.29, 1.82) is 0 Å². The summed E-state index contributed by atoms with van der Waals surface area (Å²) in [4.78, 5) is 22.9. The van der Waals surface area contributed by atoms with Crippen LogP contribution in [-0.4, -0.2) is 22.6 Å². The van der Waals surface area contributed by atoms with Crippen LogP contribution in [0.1, 0.15) is 24.0 Å². The molecule has 0 bridgehead atoms. The fourth-order valence-corrected chi connectivity index (χ4v) is 2.73. The van der Waals surface area contributed by atoms with E-state index >= 15 is 0 Å². The normalized spacial score (nSPS) is 15.7. The van der Waals surface area contributed by atoms with Gasteiger partial charge in [-0.05, 0) is 59.8 Å². The smallest absolute Gasteiger partial charge is 0.329 e. The van der Waals surface area contributed by atoms with Crippen LogP contribution in [0.5, 0.6) is 0 Å². The lowest BCUT2D eigenvalue weighted by atomic mass is 10.1. The van der Waals surface area contributed by atoms with Crippen molar-refractivity contribution in [3.8, 4) is 0 Å². The van der Waals surface area contributed by atoms with Gasteiger partial charge in [-0.1, -0.05) is 6.07 Å². The highest BCUT2D eigenvalue weighted by molar-refractivity contribution is 9.10. The number of nitrogens with one attached hydrogen (secondary N) is 2. The third-order valence-corrected chi connectivity index (χ3v) is 3.81. The van der Waals surface area contributed by atoms with E-state index in [0.717, 1.165) is 15.6 Å². The number of rotatable bonds is 3. The van der Waals surface area contributed by atoms with Crippen molar-refractivity contribution in [2.45, 2.75) is 32.2 Å². The Labute approximate surface area is 119 Å². The maximum atomic E-state index is 11.9. The van der Waals surface area contributed by atoms with Crippen molar-refractivity contribution in [2.24, 2.45) is 0 Å². The molecule has 1 aromatic carbocycles. The zero-order valence-corrected chi connectivity index (χ0v) is 12.3. The molecule has 0 heterocycles. The highest BCUT2D eigenvalue weighted by Gasteiger charge is 2.51. The standard InChI is InChI=1S/C13H15BrN2O3/c1-7-5-8(2)10(9(14)6-7)15-12(19)16-13(3-4-13)11(17)18/h5-6H,3-4H2,1-2H3,(H,17,18)(H2,15,16,19). The van der Waals surface area contributed by atoms with Crippen LogP contribution >= 0.6 is 15.9 Å². The molecule has 1 saturated carbocycles. The first kappa shape index (κ1) is 13.9. The first-order chi connectivity index (χ1) is 8.84. The molecule has 0 atom stereocenters. The lowest BCUT2D eigenvalue weighted by Crippen LogP contribution is -2.45. The number of hydrogen-bond donors (Lipinski definition) is 3. The molecule has 102 valence electrons. The molecular formula is C13H15BrN2O3. The summed E-state index contributed by atoms with van der Waals surface area (Å²) in [7, 11) is 0. The fraction of sp³-hybridized carbons (Fsp3) is 0.385. The first-order valence-electron chi connectivity index (χ1n) is 5.93. The van der Waals surface area contributed by atoms with Crippen LogP contribution in [0, 0.1) is 13.8 Å². The van der Waals surface area contributed by atoms with Crippen molar-refractivity contribution < 1.29 is 14.7 Å². The summed E-state index contributed by atoms with van der Waals surface area (Å²) >= 11 is 3.39. The minimum atomic E-state index is -1.07. The zero-order chi connectivity index (χ0) is 14.2. The summed E-state index contributed by atoms with van der Waals surface area (Å²) < 4.78 is 0.778. The average molecular weight is 327 g/mol. The number of carboxylic acids is 1. The molecule has 1 fully saturated rings. The third-order valence-electron chi connectivity index (χ3n) is 3.18. The second kappa shape index (κ2) is 4.85. The molecule has 0 unspecified atom stereocenters. The minimum Gasteiger partial charge on any atom is -0.480 e. The minimum absolute atomic E-state index is 0.476. The van der Waals surface area contributed by atoms with E-state index < -0.39 is 17.5 Å². The van der Waals surface area contributed by atoms with Gasteiger partial charge in [0.15, 0.2) is 0 Å². The van der Waals surface area contributed by atoms with Gasteiger partial charge >= 0.3 is 12.0 Å². The second-order valence-electron chi connectivity index (χ2n) is 4.91. The Morgan fingerprint density at radius 2 is 1.95 bits per heavy atom. The number of benzene rings is 1. The number of urea groups is 1. The molecule has 0 aliphatic heterocycles. The fourth-order valence-electron chi connectivity index (χ4n) is 1.95. The SMILES string of the molecule is Cc1cc(C)c(NC(=O)NC2(C(=O)O)CC2)c(Br)c1. The van der Waals surface area contributed by atoms with E-state index in [9.17, 15) is 9.59 Å². The molecule has 1 aromatic rings. The Kier molecular flexibility index (Phi) is 3.54. The van der Waals surface area contributed by atoms with E-state index in [1.165, 1.54) is 0 Å². The predicted molar refractivity (Wildman–Crippen MR) is 75.4 cm³/mol. The van der Waals surface area contributed by atoms with Crippen LogP contribution < -0.4 is 10.6 Å². The summed E-state index contributed by atoms with van der Waals surface area (Å²) in [5.74, 6) is -0.984. The maximum absolute atomic E-state index is 11.9. The van der Waals surface area contributed by atoms with Gasteiger partial charge in [0, 0.05) is 4.47 Å². The number of anilines is 1. The summed E-state index contributed by atoms with van der Waals surface area (Å²) in [5.41, 5.74) is 1.58. The highest BCUT2D eigenvalue weighted by atomic mass is 79.9. The topological polar surface area (TPSA) is 78.4 Å². The van der Waals surface area contributed by atoms with Gasteiger partial charge < -0.3 is 15.7 Å². The molecule has 3 N–H and O–H groups in total. The Morgan fingerprint density at radius 1 is 1.32 bits per heavy atom. The quantitative estimate of drug-likeness (QED) is 0.799. The Morgan fingerprint density at radius 3 is 2.42 bits per heavy atom. The van der Waals surface area contributed by atoms with Gasteiger partial charge in [0.05, 0.1) is 5.69 Å². The molecule has 1 aliphatic carbocycles. The molecule has 0 spiro atoms. The molecule has 2 amide bonds. The third kappa shape index (κ3) is 2.89. The van der Waals surface area contributed by atoms with Crippen LogP contribution in [0.2, 0.25) is 0 Å². The predicted octanol–water partition coefficient (Wildman–Crippen LogP) is 2.80. The molecular weight excluding hydrogens is 312 g/mol. The number of carboxylic acid groups (broad SMARTS) is 1. The molecule has 0 saturated heterocycles. The number of hydrogen-bond acceptors (Lipinski definition) is 2. The molecule has 2 rings (SSSR count). The van der Waals surface area contributed by atoms with Crippen molar-refractivity contribution in [1.82, 2.24) is 5.32 Å². The Hall–Kier alpha value is -1.56. The van der Waals surface area contributed by atoms with E-state index in [1.807, 2.05) is 26.0 Å². The molecule has 1 aliphatic rings. The van der Waals surface area contributed by atoms with Gasteiger partial charge in [0.25, 0.3) is 0 Å². The zero-order valence-electron chi connectivity index (χ0n) is 10.7. The van der Waals surface area contributed by atoms with Crippen LogP contribution in [-0.2, 0) is 4.79 Å². The molecule has 0 radical (unpaired) electrons. The average Bonchev–Trinajstić information content (AvgIpc) is 3.04. The van der Waals surface area contributed by atoms with Crippen LogP contribution in [0.15, 0.2) is 16.6 Å². The highest BCUT2D eigenvalue weighted by Crippen LogP contribution is 2.36. The van der Waals surface area contributed by atoms with Crippen molar-refractivity contribution >= 4 is 33.6 Å². The number of halogens is 1. The largest absolute Gasteiger partial charge is 0.480 e. The molecule has 19 heavy (non-hydrogen) atoms. The number of carbonyl (C=O) groups excluding carboxylic acids is 1. The van der Waals surface area contributed by atoms with Gasteiger partial charge in [-0.3, -0.25) is 0 Å². The lowest BCUT2D eigenvalue weighted by molar-refractivity contribution is -0.140. The Balaban J connectivity index is 2.10. The summed E-state index contributed by atoms with van der Waals surface area (Å²) in [6.45, 7) is 3.85. The van der Waals surface area contributed by atoms with Crippen LogP contribution in [0.25, 0.3) is 0 Å². The number of amides is 2. The van der Waals surface area contributed by atoms with Crippen LogP contribution in [0.4, 0.5) is 10.5 Å². The number of aryl methyl sites for hydroxylation is 2. The van der Waals surface area contributed by atoms with E-state index in [0.29, 0.717) is 18.5 Å². The van der Waals surface area contributed by atoms with Gasteiger partial charge in [0.2, 0.25) is 0 Å². The van der Waals surface area contributed by atoms with Gasteiger partial charge in [-0.2, -0.15) is 0 Å². The molecule has 0 aromatic heterocycles. The van der Waals surface area contributed by atoms with Gasteiger partial charge in [-0.25, -0.2) is 9.59 Å². The second-order valence-corrected chi connectivity index (χ2v) is 5.76. The maximum Gasteiger partial charge on any atom is 0.329 e. The summed E-state index contributed by atoms with van der Waals surface area (Å²) in [6, 6.07) is 3.35. The summed E-state index contributed by atoms with van der Waals surface area (Å²) in [5, 5.41) is 14.2. The number of carbonyl (C=O) groups is 2. The monoisotopic (exact) mass is 326 g/mol. The van der Waals surface area contributed by atoms with E-state index in [-0.39, 0.29) is 0 Å². The summed E-state index contributed by atoms with van der Waals surface area (Å²) in [6.07, 6.45) is 0.952. The van der Waals surface area contributed by atoms with Crippen LogP contribution in [0.3, 0.4) is 0 Å². The molecule has 6 heteroatoms. The van der Waals surface area contributed by atoms with Crippen molar-refractivity contribution in [2.75, 3.05) is 5.32 Å². The van der Waals surface area contributed by atoms with E-state index in [2.05, 4.69) is 26.6 Å². The van der Waals surface area contributed by atoms with Gasteiger partial charge in [0.1, 0.15) is 5.54 Å². The lowest BCUT2D eigenvalue weighted by Gasteiger charge is -2.16. The van der Waals surface area contributed by atoms with Gasteiger partial charge in [-0.15, -0.1) is 0 Å². The first-order valence-corrected chi connectivity index (χ1v) is 6.73.